The number of aromatic nitrogens is 3. The molecule has 2 rings (SSSR count). The van der Waals surface area contributed by atoms with E-state index in [-0.39, 0.29) is 11.9 Å². The molecule has 2 aromatic rings. The van der Waals surface area contributed by atoms with E-state index in [1.165, 1.54) is 12.3 Å². The van der Waals surface area contributed by atoms with Gasteiger partial charge in [-0.25, -0.2) is 4.39 Å². The van der Waals surface area contributed by atoms with Gasteiger partial charge in [0.05, 0.1) is 47.4 Å². The lowest BCUT2D eigenvalue weighted by atomic mass is 10.1. The first-order valence-corrected chi connectivity index (χ1v) is 6.95. The molecule has 1 unspecified atom stereocenters. The minimum atomic E-state index is -0.351. The van der Waals surface area contributed by atoms with E-state index in [1.54, 1.807) is 19.4 Å². The van der Waals surface area contributed by atoms with Crippen molar-refractivity contribution >= 4 is 15.9 Å². The molecule has 0 aliphatic heterocycles. The summed E-state index contributed by atoms with van der Waals surface area (Å²) >= 11 is 3.50. The Bertz CT molecular complexity index is 558. The van der Waals surface area contributed by atoms with Gasteiger partial charge in [0.25, 0.3) is 0 Å². The molecule has 0 amide bonds. The number of methoxy groups -OCH3 is 1. The molecule has 5 nitrogen and oxygen atoms in total. The molecule has 0 saturated heterocycles. The van der Waals surface area contributed by atoms with Crippen LogP contribution in [0.5, 0.6) is 0 Å². The fourth-order valence-corrected chi connectivity index (χ4v) is 2.52. The van der Waals surface area contributed by atoms with Gasteiger partial charge in [-0.2, -0.15) is 5.10 Å². The van der Waals surface area contributed by atoms with Crippen LogP contribution in [-0.2, 0) is 11.3 Å². The second kappa shape index (κ2) is 6.92. The number of hydrogen-bond acceptors (Lipinski definition) is 4. The van der Waals surface area contributed by atoms with Crippen molar-refractivity contribution in [2.75, 3.05) is 20.8 Å². The van der Waals surface area contributed by atoms with Crippen LogP contribution in [0.2, 0.25) is 0 Å². The van der Waals surface area contributed by atoms with Crippen molar-refractivity contribution in [2.45, 2.75) is 12.6 Å². The predicted molar refractivity (Wildman–Crippen MR) is 76.9 cm³/mol. The molecule has 108 valence electrons. The number of ether oxygens (including phenoxy) is 1. The summed E-state index contributed by atoms with van der Waals surface area (Å²) in [6.45, 7) is 1.20. The first-order chi connectivity index (χ1) is 9.67. The Kier molecular flexibility index (Phi) is 5.22. The fourth-order valence-electron chi connectivity index (χ4n) is 2.00. The largest absolute Gasteiger partial charge is 0.383 e. The molecule has 0 aliphatic carbocycles. The average Bonchev–Trinajstić information content (AvgIpc) is 2.81. The van der Waals surface area contributed by atoms with Crippen LogP contribution in [0.15, 0.2) is 29.0 Å². The number of nitrogens with one attached hydrogen (secondary N) is 1. The zero-order valence-electron chi connectivity index (χ0n) is 11.3. The highest BCUT2D eigenvalue weighted by Crippen LogP contribution is 2.27. The van der Waals surface area contributed by atoms with Crippen LogP contribution in [0.4, 0.5) is 4.39 Å². The lowest BCUT2D eigenvalue weighted by Gasteiger charge is -2.18. The summed E-state index contributed by atoms with van der Waals surface area (Å²) in [5.74, 6) is -0.351. The molecule has 0 spiro atoms. The molecule has 20 heavy (non-hydrogen) atoms. The first-order valence-electron chi connectivity index (χ1n) is 6.16. The van der Waals surface area contributed by atoms with E-state index in [2.05, 4.69) is 31.3 Å². The van der Waals surface area contributed by atoms with Crippen LogP contribution in [-0.4, -0.2) is 35.5 Å². The minimum Gasteiger partial charge on any atom is -0.383 e. The number of nitrogens with zero attached hydrogens (tertiary/aromatic N) is 3. The van der Waals surface area contributed by atoms with Gasteiger partial charge in [-0.1, -0.05) is 0 Å². The van der Waals surface area contributed by atoms with Crippen molar-refractivity contribution in [3.8, 4) is 0 Å². The zero-order valence-corrected chi connectivity index (χ0v) is 12.9. The monoisotopic (exact) mass is 342 g/mol. The molecule has 0 bridgehead atoms. The van der Waals surface area contributed by atoms with Gasteiger partial charge in [0.1, 0.15) is 5.82 Å². The Labute approximate surface area is 125 Å². The van der Waals surface area contributed by atoms with E-state index in [9.17, 15) is 4.39 Å². The van der Waals surface area contributed by atoms with Gasteiger partial charge in [0.2, 0.25) is 0 Å². The van der Waals surface area contributed by atoms with Gasteiger partial charge in [0, 0.05) is 7.11 Å². The third kappa shape index (κ3) is 3.23. The molecule has 2 heterocycles. The van der Waals surface area contributed by atoms with E-state index in [0.717, 1.165) is 15.9 Å². The number of pyridine rings is 1. The smallest absolute Gasteiger partial charge is 0.141 e. The van der Waals surface area contributed by atoms with E-state index in [1.807, 2.05) is 11.7 Å². The van der Waals surface area contributed by atoms with Gasteiger partial charge in [-0.05, 0) is 35.1 Å². The van der Waals surface area contributed by atoms with Crippen LogP contribution in [0.3, 0.4) is 0 Å². The Hall–Kier alpha value is -1.31. The highest BCUT2D eigenvalue weighted by Gasteiger charge is 2.21. The van der Waals surface area contributed by atoms with Crippen molar-refractivity contribution in [1.29, 1.82) is 0 Å². The number of rotatable bonds is 6. The van der Waals surface area contributed by atoms with E-state index < -0.39 is 0 Å². The fraction of sp³-hybridized carbons (Fsp3) is 0.385. The second-order valence-corrected chi connectivity index (χ2v) is 5.07. The van der Waals surface area contributed by atoms with Crippen molar-refractivity contribution in [3.63, 3.8) is 0 Å². The summed E-state index contributed by atoms with van der Waals surface area (Å²) in [4.78, 5) is 4.14. The Balaban J connectivity index is 2.35. The summed E-state index contributed by atoms with van der Waals surface area (Å²) < 4.78 is 20.8. The Morgan fingerprint density at radius 2 is 2.25 bits per heavy atom. The predicted octanol–water partition coefficient (Wildman–Crippen LogP) is 2.13. The van der Waals surface area contributed by atoms with Gasteiger partial charge in [0.15, 0.2) is 0 Å². The topological polar surface area (TPSA) is 52.0 Å². The normalized spacial score (nSPS) is 12.6. The van der Waals surface area contributed by atoms with E-state index in [0.29, 0.717) is 13.2 Å². The highest BCUT2D eigenvalue weighted by atomic mass is 79.9. The molecule has 1 N–H and O–H groups in total. The Morgan fingerprint density at radius 3 is 2.85 bits per heavy atom. The molecule has 0 fully saturated rings. The lowest BCUT2D eigenvalue weighted by molar-refractivity contribution is 0.182. The van der Waals surface area contributed by atoms with Gasteiger partial charge < -0.3 is 10.1 Å². The van der Waals surface area contributed by atoms with Crippen molar-refractivity contribution < 1.29 is 9.13 Å². The lowest BCUT2D eigenvalue weighted by Crippen LogP contribution is -2.24. The third-order valence-corrected chi connectivity index (χ3v) is 3.56. The van der Waals surface area contributed by atoms with Gasteiger partial charge in [-0.3, -0.25) is 9.67 Å². The quantitative estimate of drug-likeness (QED) is 0.873. The highest BCUT2D eigenvalue weighted by molar-refractivity contribution is 9.10. The summed E-state index contributed by atoms with van der Waals surface area (Å²) in [6, 6.07) is 2.89. The van der Waals surface area contributed by atoms with Crippen LogP contribution in [0, 0.1) is 5.82 Å². The maximum absolute atomic E-state index is 13.0. The standard InChI is InChI=1S/C13H16BrFN4O/c1-16-12(11-4-3-9(15)7-17-11)13-10(14)8-18-19(13)5-6-20-2/h3-4,7-8,12,16H,5-6H2,1-2H3. The van der Waals surface area contributed by atoms with Crippen molar-refractivity contribution in [1.82, 2.24) is 20.1 Å². The number of hydrogen-bond donors (Lipinski definition) is 1. The van der Waals surface area contributed by atoms with Crippen LogP contribution < -0.4 is 5.32 Å². The molecule has 0 aromatic carbocycles. The van der Waals surface area contributed by atoms with Crippen LogP contribution in [0.25, 0.3) is 0 Å². The minimum absolute atomic E-state index is 0.177. The molecule has 2 aromatic heterocycles. The zero-order chi connectivity index (χ0) is 14.5. The van der Waals surface area contributed by atoms with Crippen LogP contribution in [0.1, 0.15) is 17.4 Å². The summed E-state index contributed by atoms with van der Waals surface area (Å²) in [6.07, 6.45) is 2.95. The average molecular weight is 343 g/mol. The van der Waals surface area contributed by atoms with Crippen molar-refractivity contribution in [2.24, 2.45) is 0 Å². The molecule has 1 atom stereocenters. The maximum atomic E-state index is 13.0. The van der Waals surface area contributed by atoms with Gasteiger partial charge in [-0.15, -0.1) is 0 Å². The molecule has 0 aliphatic rings. The van der Waals surface area contributed by atoms with E-state index in [4.69, 9.17) is 4.74 Å². The SMILES string of the molecule is CNC(c1ccc(F)cn1)c1c(Br)cnn1CCOC. The molecular formula is C13H16BrFN4O. The summed E-state index contributed by atoms with van der Waals surface area (Å²) in [5.41, 5.74) is 1.66. The van der Waals surface area contributed by atoms with E-state index >= 15 is 0 Å². The Morgan fingerprint density at radius 1 is 1.45 bits per heavy atom. The number of halogens is 2. The molecule has 0 saturated carbocycles. The van der Waals surface area contributed by atoms with Crippen molar-refractivity contribution in [3.05, 3.63) is 46.2 Å². The molecule has 0 radical (unpaired) electrons. The summed E-state index contributed by atoms with van der Waals surface area (Å²) in [7, 11) is 3.48. The summed E-state index contributed by atoms with van der Waals surface area (Å²) in [5, 5.41) is 7.49. The third-order valence-electron chi connectivity index (χ3n) is 2.95. The molecular weight excluding hydrogens is 327 g/mol. The second-order valence-electron chi connectivity index (χ2n) is 4.22. The first kappa shape index (κ1) is 15.1. The van der Waals surface area contributed by atoms with Crippen LogP contribution >= 0.6 is 15.9 Å². The maximum Gasteiger partial charge on any atom is 0.141 e. The molecule has 7 heteroatoms. The van der Waals surface area contributed by atoms with Gasteiger partial charge >= 0.3 is 0 Å².